The fourth-order valence-electron chi connectivity index (χ4n) is 4.32. The van der Waals surface area contributed by atoms with Crippen molar-refractivity contribution in [2.75, 3.05) is 20.8 Å². The standard InChI is InChI=1S/C23H28BrNO5/c1-7-30-22(27)19-12(2)25-15-10-23(3,4)11-16(26)21(15)20(19)13-8-17(28-5)18(29-6)9-14(13)24/h8-9,20,25H,7,10-11H2,1-6H3/t20-/m1/s1. The van der Waals surface area contributed by atoms with E-state index in [9.17, 15) is 9.59 Å². The molecule has 0 amide bonds. The van der Waals surface area contributed by atoms with Gasteiger partial charge in [-0.05, 0) is 43.4 Å². The number of benzene rings is 1. The predicted octanol–water partition coefficient (Wildman–Crippen LogP) is 4.63. The van der Waals surface area contributed by atoms with E-state index in [0.717, 1.165) is 22.2 Å². The first-order chi connectivity index (χ1) is 14.1. The first-order valence-corrected chi connectivity index (χ1v) is 10.7. The van der Waals surface area contributed by atoms with E-state index in [1.54, 1.807) is 27.2 Å². The highest BCUT2D eigenvalue weighted by molar-refractivity contribution is 9.10. The summed E-state index contributed by atoms with van der Waals surface area (Å²) in [6.45, 7) is 8.03. The van der Waals surface area contributed by atoms with Gasteiger partial charge in [0.15, 0.2) is 17.3 Å². The van der Waals surface area contributed by atoms with Crippen LogP contribution in [0.15, 0.2) is 39.1 Å². The van der Waals surface area contributed by atoms with Gasteiger partial charge in [0.05, 0.1) is 26.4 Å². The third-order valence-corrected chi connectivity index (χ3v) is 6.24. The van der Waals surface area contributed by atoms with E-state index in [1.807, 2.05) is 13.0 Å². The Morgan fingerprint density at radius 3 is 2.43 bits per heavy atom. The Morgan fingerprint density at radius 1 is 1.20 bits per heavy atom. The van der Waals surface area contributed by atoms with Gasteiger partial charge in [-0.2, -0.15) is 0 Å². The van der Waals surface area contributed by atoms with Crippen LogP contribution in [0.3, 0.4) is 0 Å². The molecule has 1 aromatic carbocycles. The average Bonchev–Trinajstić information content (AvgIpc) is 2.65. The van der Waals surface area contributed by atoms with Gasteiger partial charge in [0.25, 0.3) is 0 Å². The highest BCUT2D eigenvalue weighted by atomic mass is 79.9. The molecule has 7 heteroatoms. The minimum absolute atomic E-state index is 0.0368. The minimum atomic E-state index is -0.557. The number of esters is 1. The quantitative estimate of drug-likeness (QED) is 0.622. The molecule has 0 saturated heterocycles. The molecule has 2 aliphatic rings. The lowest BCUT2D eigenvalue weighted by molar-refractivity contribution is -0.138. The van der Waals surface area contributed by atoms with Crippen molar-refractivity contribution >= 4 is 27.7 Å². The van der Waals surface area contributed by atoms with Gasteiger partial charge in [0.2, 0.25) is 0 Å². The molecule has 1 heterocycles. The Labute approximate surface area is 185 Å². The molecule has 162 valence electrons. The number of dihydropyridines is 1. The molecule has 0 spiro atoms. The lowest BCUT2D eigenvalue weighted by atomic mass is 9.68. The third kappa shape index (κ3) is 4.00. The zero-order chi connectivity index (χ0) is 22.2. The molecular weight excluding hydrogens is 450 g/mol. The fraction of sp³-hybridized carbons (Fsp3) is 0.478. The molecule has 1 aliphatic carbocycles. The van der Waals surface area contributed by atoms with Crippen molar-refractivity contribution in [3.05, 3.63) is 44.7 Å². The number of rotatable bonds is 5. The monoisotopic (exact) mass is 477 g/mol. The second kappa shape index (κ2) is 8.46. The maximum absolute atomic E-state index is 13.3. The molecule has 0 bridgehead atoms. The first-order valence-electron chi connectivity index (χ1n) is 9.96. The van der Waals surface area contributed by atoms with Crippen LogP contribution in [0.25, 0.3) is 0 Å². The summed E-state index contributed by atoms with van der Waals surface area (Å²) in [5, 5.41) is 3.33. The number of nitrogens with one attached hydrogen (secondary N) is 1. The van der Waals surface area contributed by atoms with E-state index in [-0.39, 0.29) is 17.8 Å². The number of carbonyl (C=O) groups excluding carboxylic acids is 2. The van der Waals surface area contributed by atoms with Crippen LogP contribution in [0, 0.1) is 5.41 Å². The summed E-state index contributed by atoms with van der Waals surface area (Å²) in [6.07, 6.45) is 1.15. The molecule has 0 aromatic heterocycles. The summed E-state index contributed by atoms with van der Waals surface area (Å²) in [4.78, 5) is 26.3. The van der Waals surface area contributed by atoms with Crippen molar-refractivity contribution in [3.8, 4) is 11.5 Å². The van der Waals surface area contributed by atoms with Crippen LogP contribution in [-0.2, 0) is 14.3 Å². The number of ether oxygens (including phenoxy) is 3. The van der Waals surface area contributed by atoms with E-state index in [2.05, 4.69) is 35.1 Å². The molecule has 1 aliphatic heterocycles. The van der Waals surface area contributed by atoms with E-state index >= 15 is 0 Å². The molecule has 1 atom stereocenters. The molecular formula is C23H28BrNO5. The Balaban J connectivity index is 2.27. The van der Waals surface area contributed by atoms with Crippen LogP contribution in [0.5, 0.6) is 11.5 Å². The molecule has 0 radical (unpaired) electrons. The maximum Gasteiger partial charge on any atom is 0.336 e. The van der Waals surface area contributed by atoms with Gasteiger partial charge in [0.1, 0.15) is 0 Å². The number of allylic oxidation sites excluding steroid dienone is 3. The Bertz CT molecular complexity index is 961. The Kier molecular flexibility index (Phi) is 6.32. The van der Waals surface area contributed by atoms with Gasteiger partial charge in [-0.25, -0.2) is 4.79 Å². The normalized spacial score (nSPS) is 20.5. The van der Waals surface area contributed by atoms with Crippen molar-refractivity contribution in [1.29, 1.82) is 0 Å². The Hall–Kier alpha value is -2.28. The summed E-state index contributed by atoms with van der Waals surface area (Å²) < 4.78 is 17.0. The first kappa shape index (κ1) is 22.4. The SMILES string of the molecule is CCOC(=O)C1=C(C)NC2=C(C(=O)CC(C)(C)C2)[C@@H]1c1cc(OC)c(OC)cc1Br. The largest absolute Gasteiger partial charge is 0.493 e. The Morgan fingerprint density at radius 2 is 1.83 bits per heavy atom. The lowest BCUT2D eigenvalue weighted by Crippen LogP contribution is -2.38. The highest BCUT2D eigenvalue weighted by Gasteiger charge is 2.43. The summed E-state index contributed by atoms with van der Waals surface area (Å²) in [5.74, 6) is 0.137. The molecule has 30 heavy (non-hydrogen) atoms. The van der Waals surface area contributed by atoms with E-state index < -0.39 is 11.9 Å². The van der Waals surface area contributed by atoms with E-state index in [1.165, 1.54) is 0 Å². The van der Waals surface area contributed by atoms with Crippen LogP contribution < -0.4 is 14.8 Å². The summed E-state index contributed by atoms with van der Waals surface area (Å²) in [7, 11) is 3.13. The van der Waals surface area contributed by atoms with Crippen molar-refractivity contribution in [1.82, 2.24) is 5.32 Å². The lowest BCUT2D eigenvalue weighted by Gasteiger charge is -2.39. The maximum atomic E-state index is 13.3. The van der Waals surface area contributed by atoms with Gasteiger partial charge >= 0.3 is 5.97 Å². The second-order valence-corrected chi connectivity index (χ2v) is 9.23. The minimum Gasteiger partial charge on any atom is -0.493 e. The topological polar surface area (TPSA) is 73.9 Å². The number of Topliss-reactive ketones (excluding diaryl/α,β-unsaturated/α-hetero) is 1. The van der Waals surface area contributed by atoms with Crippen molar-refractivity contribution in [2.24, 2.45) is 5.41 Å². The smallest absolute Gasteiger partial charge is 0.336 e. The molecule has 1 aromatic rings. The van der Waals surface area contributed by atoms with Crippen LogP contribution in [-0.4, -0.2) is 32.6 Å². The van der Waals surface area contributed by atoms with Gasteiger partial charge in [-0.1, -0.05) is 29.8 Å². The molecule has 3 rings (SSSR count). The zero-order valence-electron chi connectivity index (χ0n) is 18.3. The molecule has 0 unspecified atom stereocenters. The van der Waals surface area contributed by atoms with Crippen molar-refractivity contribution < 1.29 is 23.8 Å². The average molecular weight is 478 g/mol. The van der Waals surface area contributed by atoms with Crippen LogP contribution in [0.4, 0.5) is 0 Å². The third-order valence-electron chi connectivity index (χ3n) is 5.55. The summed E-state index contributed by atoms with van der Waals surface area (Å²) in [5.41, 5.74) is 3.24. The number of halogens is 1. The summed E-state index contributed by atoms with van der Waals surface area (Å²) in [6, 6.07) is 3.62. The molecule has 0 fully saturated rings. The molecule has 0 saturated carbocycles. The molecule has 1 N–H and O–H groups in total. The van der Waals surface area contributed by atoms with Crippen LogP contribution >= 0.6 is 15.9 Å². The van der Waals surface area contributed by atoms with Crippen LogP contribution in [0.2, 0.25) is 0 Å². The van der Waals surface area contributed by atoms with Crippen LogP contribution in [0.1, 0.15) is 52.0 Å². The number of hydrogen-bond acceptors (Lipinski definition) is 6. The molecule has 6 nitrogen and oxygen atoms in total. The second-order valence-electron chi connectivity index (χ2n) is 8.38. The zero-order valence-corrected chi connectivity index (χ0v) is 19.9. The fourth-order valence-corrected chi connectivity index (χ4v) is 4.87. The van der Waals surface area contributed by atoms with Gasteiger partial charge in [-0.15, -0.1) is 0 Å². The highest BCUT2D eigenvalue weighted by Crippen LogP contribution is 2.49. The number of hydrogen-bond donors (Lipinski definition) is 1. The van der Waals surface area contributed by atoms with E-state index in [0.29, 0.717) is 34.8 Å². The number of methoxy groups -OCH3 is 2. The van der Waals surface area contributed by atoms with Crippen molar-refractivity contribution in [3.63, 3.8) is 0 Å². The number of carbonyl (C=O) groups is 2. The summed E-state index contributed by atoms with van der Waals surface area (Å²) >= 11 is 3.62. The van der Waals surface area contributed by atoms with Gasteiger partial charge < -0.3 is 19.5 Å². The number of ketones is 1. The van der Waals surface area contributed by atoms with Gasteiger partial charge in [-0.3, -0.25) is 4.79 Å². The van der Waals surface area contributed by atoms with Gasteiger partial charge in [0, 0.05) is 33.8 Å². The van der Waals surface area contributed by atoms with Crippen molar-refractivity contribution in [2.45, 2.75) is 46.5 Å². The van der Waals surface area contributed by atoms with E-state index in [4.69, 9.17) is 14.2 Å². The predicted molar refractivity (Wildman–Crippen MR) is 118 cm³/mol.